The van der Waals surface area contributed by atoms with Crippen molar-refractivity contribution in [3.8, 4) is 23.0 Å². The van der Waals surface area contributed by atoms with E-state index < -0.39 is 0 Å². The van der Waals surface area contributed by atoms with E-state index in [0.29, 0.717) is 17.9 Å². The lowest BCUT2D eigenvalue weighted by Crippen LogP contribution is -2.35. The minimum atomic E-state index is 0.166. The summed E-state index contributed by atoms with van der Waals surface area (Å²) in [6, 6.07) is 9.86. The van der Waals surface area contributed by atoms with Gasteiger partial charge in [-0.1, -0.05) is 0 Å². The number of benzene rings is 2. The van der Waals surface area contributed by atoms with Gasteiger partial charge in [0.15, 0.2) is 23.0 Å². The third-order valence-corrected chi connectivity index (χ3v) is 6.26. The van der Waals surface area contributed by atoms with Crippen molar-refractivity contribution >= 4 is 11.6 Å². The highest BCUT2D eigenvalue weighted by atomic mass is 16.5. The second-order valence-electron chi connectivity index (χ2n) is 8.35. The van der Waals surface area contributed by atoms with E-state index in [4.69, 9.17) is 18.9 Å². The second-order valence-corrected chi connectivity index (χ2v) is 8.35. The molecule has 1 aliphatic heterocycles. The molecule has 0 unspecified atom stereocenters. The molecule has 8 heteroatoms. The van der Waals surface area contributed by atoms with Crippen LogP contribution in [0.4, 0.5) is 5.69 Å². The van der Waals surface area contributed by atoms with Gasteiger partial charge >= 0.3 is 0 Å². The number of methoxy groups -OCH3 is 4. The van der Waals surface area contributed by atoms with Gasteiger partial charge in [-0.15, -0.1) is 0 Å². The smallest absolute Gasteiger partial charge is 0.227 e. The van der Waals surface area contributed by atoms with Crippen LogP contribution in [0.25, 0.3) is 0 Å². The lowest BCUT2D eigenvalue weighted by molar-refractivity contribution is -0.130. The highest BCUT2D eigenvalue weighted by Crippen LogP contribution is 2.33. The summed E-state index contributed by atoms with van der Waals surface area (Å²) in [7, 11) is 8.59. The first kappa shape index (κ1) is 25.5. The van der Waals surface area contributed by atoms with Gasteiger partial charge in [0.25, 0.3) is 0 Å². The third-order valence-electron chi connectivity index (χ3n) is 6.26. The molecule has 2 aromatic rings. The first-order valence-electron chi connectivity index (χ1n) is 11.7. The van der Waals surface area contributed by atoms with Crippen LogP contribution < -0.4 is 29.2 Å². The van der Waals surface area contributed by atoms with Gasteiger partial charge in [-0.2, -0.15) is 0 Å². The zero-order valence-electron chi connectivity index (χ0n) is 21.0. The standard InChI is InChI=1S/C26H37N3O5/c1-28(21-7-8-22(31-2)25(18-21)34-5)14-11-27-10-6-12-29-13-9-19-15-23(32-3)24(33-4)16-20(19)17-26(29)30/h7-8,15-16,18,27H,6,9-14,17H2,1-5H3. The molecule has 1 N–H and O–H groups in total. The van der Waals surface area contributed by atoms with E-state index >= 15 is 0 Å². The molecule has 0 aliphatic carbocycles. The SMILES string of the molecule is COc1ccc(N(C)CCNCCCN2CCc3cc(OC)c(OC)cc3CC2=O)cc1OC. The van der Waals surface area contributed by atoms with E-state index in [1.165, 1.54) is 0 Å². The maximum atomic E-state index is 12.8. The minimum Gasteiger partial charge on any atom is -0.493 e. The number of anilines is 1. The summed E-state index contributed by atoms with van der Waals surface area (Å²) in [6.45, 7) is 4.04. The van der Waals surface area contributed by atoms with E-state index in [0.717, 1.165) is 73.9 Å². The molecule has 1 heterocycles. The van der Waals surface area contributed by atoms with Crippen LogP contribution in [0.15, 0.2) is 30.3 Å². The van der Waals surface area contributed by atoms with Crippen LogP contribution in [-0.4, -0.2) is 79.0 Å². The maximum absolute atomic E-state index is 12.8. The van der Waals surface area contributed by atoms with Crippen LogP contribution in [0, 0.1) is 0 Å². The molecular formula is C26H37N3O5. The van der Waals surface area contributed by atoms with Crippen LogP contribution >= 0.6 is 0 Å². The van der Waals surface area contributed by atoms with E-state index in [-0.39, 0.29) is 5.91 Å². The molecule has 3 rings (SSSR count). The Hall–Kier alpha value is -3.13. The molecule has 0 aromatic heterocycles. The van der Waals surface area contributed by atoms with Gasteiger partial charge < -0.3 is 34.1 Å². The van der Waals surface area contributed by atoms with E-state index in [1.807, 2.05) is 35.2 Å². The predicted molar refractivity (Wildman–Crippen MR) is 134 cm³/mol. The van der Waals surface area contributed by atoms with Crippen molar-refractivity contribution in [2.45, 2.75) is 19.3 Å². The Labute approximate surface area is 202 Å². The molecule has 1 amide bonds. The highest BCUT2D eigenvalue weighted by molar-refractivity contribution is 5.80. The molecule has 1 aliphatic rings. The predicted octanol–water partition coefficient (Wildman–Crippen LogP) is 2.76. The van der Waals surface area contributed by atoms with Gasteiger partial charge in [-0.05, 0) is 54.8 Å². The monoisotopic (exact) mass is 471 g/mol. The number of amides is 1. The largest absolute Gasteiger partial charge is 0.493 e. The molecule has 0 saturated heterocycles. The quantitative estimate of drug-likeness (QED) is 0.477. The van der Waals surface area contributed by atoms with Gasteiger partial charge in [0.05, 0.1) is 34.9 Å². The number of hydrogen-bond donors (Lipinski definition) is 1. The Morgan fingerprint density at radius 3 is 2.21 bits per heavy atom. The fourth-order valence-corrected chi connectivity index (χ4v) is 4.21. The first-order valence-corrected chi connectivity index (χ1v) is 11.7. The molecule has 186 valence electrons. The number of fused-ring (bicyclic) bond motifs is 1. The fourth-order valence-electron chi connectivity index (χ4n) is 4.21. The average Bonchev–Trinajstić information content (AvgIpc) is 3.01. The van der Waals surface area contributed by atoms with Crippen molar-refractivity contribution in [3.05, 3.63) is 41.5 Å². The van der Waals surface area contributed by atoms with E-state index in [9.17, 15) is 4.79 Å². The Morgan fingerprint density at radius 1 is 0.882 bits per heavy atom. The summed E-state index contributed by atoms with van der Waals surface area (Å²) in [5.74, 6) is 3.00. The van der Waals surface area contributed by atoms with Crippen molar-refractivity contribution in [2.75, 3.05) is 73.1 Å². The lowest BCUT2D eigenvalue weighted by atomic mass is 10.0. The van der Waals surface area contributed by atoms with Gasteiger partial charge in [-0.25, -0.2) is 0 Å². The molecule has 34 heavy (non-hydrogen) atoms. The summed E-state index contributed by atoms with van der Waals surface area (Å²) in [4.78, 5) is 16.9. The Balaban J connectivity index is 1.41. The number of carbonyl (C=O) groups is 1. The molecule has 0 atom stereocenters. The molecule has 0 spiro atoms. The number of likely N-dealkylation sites (N-methyl/N-ethyl adjacent to an activating group) is 1. The number of ether oxygens (including phenoxy) is 4. The average molecular weight is 472 g/mol. The van der Waals surface area contributed by atoms with Crippen molar-refractivity contribution in [1.29, 1.82) is 0 Å². The molecule has 0 saturated carbocycles. The molecule has 2 aromatic carbocycles. The van der Waals surface area contributed by atoms with Crippen LogP contribution in [0.1, 0.15) is 17.5 Å². The number of carbonyl (C=O) groups excluding carboxylic acids is 1. The normalized spacial score (nSPS) is 13.2. The molecule has 0 fully saturated rings. The fraction of sp³-hybridized carbons (Fsp3) is 0.500. The Bertz CT molecular complexity index is 966. The highest BCUT2D eigenvalue weighted by Gasteiger charge is 2.22. The summed E-state index contributed by atoms with van der Waals surface area (Å²) >= 11 is 0. The van der Waals surface area contributed by atoms with Crippen molar-refractivity contribution in [2.24, 2.45) is 0 Å². The topological polar surface area (TPSA) is 72.5 Å². The first-order chi connectivity index (χ1) is 16.5. The summed E-state index contributed by atoms with van der Waals surface area (Å²) in [6.07, 6.45) is 2.14. The zero-order chi connectivity index (χ0) is 24.5. The van der Waals surface area contributed by atoms with E-state index in [2.05, 4.69) is 17.3 Å². The molecule has 0 bridgehead atoms. The van der Waals surface area contributed by atoms with Gasteiger partial charge in [-0.3, -0.25) is 4.79 Å². The Kier molecular flexibility index (Phi) is 9.27. The van der Waals surface area contributed by atoms with Crippen LogP contribution in [0.5, 0.6) is 23.0 Å². The number of nitrogens with zero attached hydrogens (tertiary/aromatic N) is 2. The van der Waals surface area contributed by atoms with Crippen molar-refractivity contribution < 1.29 is 23.7 Å². The van der Waals surface area contributed by atoms with Crippen molar-refractivity contribution in [1.82, 2.24) is 10.2 Å². The Morgan fingerprint density at radius 2 is 1.53 bits per heavy atom. The molecule has 8 nitrogen and oxygen atoms in total. The minimum absolute atomic E-state index is 0.166. The lowest BCUT2D eigenvalue weighted by Gasteiger charge is -2.22. The number of rotatable bonds is 12. The number of hydrogen-bond acceptors (Lipinski definition) is 7. The number of nitrogens with one attached hydrogen (secondary N) is 1. The summed E-state index contributed by atoms with van der Waals surface area (Å²) in [5.41, 5.74) is 3.26. The maximum Gasteiger partial charge on any atom is 0.227 e. The van der Waals surface area contributed by atoms with Gasteiger partial charge in [0.2, 0.25) is 5.91 Å². The van der Waals surface area contributed by atoms with Gasteiger partial charge in [0.1, 0.15) is 0 Å². The van der Waals surface area contributed by atoms with E-state index in [1.54, 1.807) is 28.4 Å². The zero-order valence-corrected chi connectivity index (χ0v) is 21.0. The molecule has 0 radical (unpaired) electrons. The summed E-state index contributed by atoms with van der Waals surface area (Å²) < 4.78 is 21.5. The summed E-state index contributed by atoms with van der Waals surface area (Å²) in [5, 5.41) is 3.49. The van der Waals surface area contributed by atoms with Crippen LogP contribution in [-0.2, 0) is 17.6 Å². The van der Waals surface area contributed by atoms with Crippen molar-refractivity contribution in [3.63, 3.8) is 0 Å². The van der Waals surface area contributed by atoms with Crippen LogP contribution in [0.2, 0.25) is 0 Å². The molecular weight excluding hydrogens is 434 g/mol. The third kappa shape index (κ3) is 6.26. The van der Waals surface area contributed by atoms with Crippen LogP contribution in [0.3, 0.4) is 0 Å². The van der Waals surface area contributed by atoms with Gasteiger partial charge in [0, 0.05) is 45.0 Å². The second kappa shape index (κ2) is 12.4.